The number of benzene rings is 1. The Morgan fingerprint density at radius 2 is 2.24 bits per heavy atom. The summed E-state index contributed by atoms with van der Waals surface area (Å²) in [4.78, 5) is 14.3. The first-order valence-electron chi connectivity index (χ1n) is 7.94. The average Bonchev–Trinajstić information content (AvgIpc) is 3.08. The second-order valence-corrected chi connectivity index (χ2v) is 5.67. The maximum absolute atomic E-state index is 12.7. The summed E-state index contributed by atoms with van der Waals surface area (Å²) < 4.78 is 16.7. The van der Waals surface area contributed by atoms with Gasteiger partial charge in [0, 0.05) is 13.5 Å². The van der Waals surface area contributed by atoms with E-state index in [1.807, 2.05) is 0 Å². The van der Waals surface area contributed by atoms with Gasteiger partial charge in [0.1, 0.15) is 11.8 Å². The van der Waals surface area contributed by atoms with Gasteiger partial charge in [-0.1, -0.05) is 12.1 Å². The third-order valence-electron chi connectivity index (χ3n) is 3.85. The Kier molecular flexibility index (Phi) is 4.95. The third-order valence-corrected chi connectivity index (χ3v) is 3.85. The quantitative estimate of drug-likeness (QED) is 0.832. The van der Waals surface area contributed by atoms with Crippen LogP contribution in [0.4, 0.5) is 0 Å². The normalized spacial score (nSPS) is 18.4. The molecule has 0 unspecified atom stereocenters. The van der Waals surface area contributed by atoms with Gasteiger partial charge in [0.25, 0.3) is 5.91 Å². The topological polar surface area (TPSA) is 101 Å². The minimum absolute atomic E-state index is 0.183. The van der Waals surface area contributed by atoms with Gasteiger partial charge in [0.2, 0.25) is 11.8 Å². The van der Waals surface area contributed by atoms with E-state index in [0.717, 1.165) is 0 Å². The van der Waals surface area contributed by atoms with Crippen molar-refractivity contribution >= 4 is 5.91 Å². The van der Waals surface area contributed by atoms with Crippen molar-refractivity contribution in [1.82, 2.24) is 15.1 Å². The van der Waals surface area contributed by atoms with Gasteiger partial charge in [-0.3, -0.25) is 4.79 Å². The molecule has 1 aliphatic rings. The molecule has 0 aliphatic carbocycles. The van der Waals surface area contributed by atoms with E-state index < -0.39 is 12.2 Å². The van der Waals surface area contributed by atoms with E-state index in [1.165, 1.54) is 0 Å². The molecule has 0 bridgehead atoms. The van der Waals surface area contributed by atoms with Crippen LogP contribution in [0, 0.1) is 18.3 Å². The lowest BCUT2D eigenvalue weighted by atomic mass is 10.2. The molecule has 0 saturated carbocycles. The van der Waals surface area contributed by atoms with E-state index in [1.54, 1.807) is 43.0 Å². The predicted octanol–water partition coefficient (Wildman–Crippen LogP) is 1.62. The number of carbonyl (C=O) groups is 1. The molecule has 0 N–H and O–H groups in total. The minimum atomic E-state index is -0.724. The molecule has 2 heterocycles. The molecule has 8 nitrogen and oxygen atoms in total. The molecule has 130 valence electrons. The van der Waals surface area contributed by atoms with E-state index in [2.05, 4.69) is 16.3 Å². The summed E-state index contributed by atoms with van der Waals surface area (Å²) >= 11 is 0. The van der Waals surface area contributed by atoms with Gasteiger partial charge in [0.05, 0.1) is 18.7 Å². The summed E-state index contributed by atoms with van der Waals surface area (Å²) in [6.07, 6.45) is -1.17. The zero-order chi connectivity index (χ0) is 17.8. The van der Waals surface area contributed by atoms with Crippen molar-refractivity contribution < 1.29 is 18.7 Å². The third kappa shape index (κ3) is 3.78. The lowest BCUT2D eigenvalue weighted by Gasteiger charge is -2.33. The Bertz CT molecular complexity index is 798. The van der Waals surface area contributed by atoms with Crippen LogP contribution in [0.15, 0.2) is 28.7 Å². The molecule has 1 aromatic heterocycles. The van der Waals surface area contributed by atoms with Gasteiger partial charge in [-0.25, -0.2) is 0 Å². The molecule has 1 aliphatic heterocycles. The van der Waals surface area contributed by atoms with Crippen LogP contribution in [0.25, 0.3) is 0 Å². The molecular weight excluding hydrogens is 324 g/mol. The van der Waals surface area contributed by atoms with E-state index >= 15 is 0 Å². The number of ether oxygens (including phenoxy) is 2. The zero-order valence-electron chi connectivity index (χ0n) is 14.0. The number of nitriles is 1. The Balaban J connectivity index is 1.66. The van der Waals surface area contributed by atoms with Gasteiger partial charge in [-0.2, -0.15) is 5.26 Å². The largest absolute Gasteiger partial charge is 0.480 e. The number of para-hydroxylation sites is 1. The van der Waals surface area contributed by atoms with E-state index in [4.69, 9.17) is 19.2 Å². The number of hydrogen-bond acceptors (Lipinski definition) is 7. The van der Waals surface area contributed by atoms with Gasteiger partial charge in [-0.15, -0.1) is 10.2 Å². The molecule has 1 saturated heterocycles. The number of aryl methyl sites for hydroxylation is 1. The van der Waals surface area contributed by atoms with Gasteiger partial charge in [0.15, 0.2) is 12.2 Å². The maximum atomic E-state index is 12.7. The Morgan fingerprint density at radius 1 is 1.44 bits per heavy atom. The number of nitrogens with zero attached hydrogens (tertiary/aromatic N) is 4. The van der Waals surface area contributed by atoms with Gasteiger partial charge < -0.3 is 18.8 Å². The monoisotopic (exact) mass is 342 g/mol. The first kappa shape index (κ1) is 16.9. The van der Waals surface area contributed by atoms with E-state index in [-0.39, 0.29) is 5.91 Å². The number of hydrogen-bond donors (Lipinski definition) is 0. The van der Waals surface area contributed by atoms with Crippen LogP contribution in [0.1, 0.15) is 30.4 Å². The van der Waals surface area contributed by atoms with Crippen LogP contribution < -0.4 is 4.74 Å². The van der Waals surface area contributed by atoms with Crippen LogP contribution in [-0.2, 0) is 9.53 Å². The number of amides is 1. The summed E-state index contributed by atoms with van der Waals surface area (Å²) in [5.74, 6) is 1.02. The molecule has 0 radical (unpaired) electrons. The molecular formula is C17H18N4O4. The van der Waals surface area contributed by atoms with Crippen molar-refractivity contribution in [2.45, 2.75) is 26.1 Å². The summed E-state index contributed by atoms with van der Waals surface area (Å²) in [6, 6.07) is 8.88. The van der Waals surface area contributed by atoms with Gasteiger partial charge in [-0.05, 0) is 19.1 Å². The van der Waals surface area contributed by atoms with Crippen molar-refractivity contribution in [2.24, 2.45) is 0 Å². The first-order valence-corrected chi connectivity index (χ1v) is 7.94. The van der Waals surface area contributed by atoms with Crippen molar-refractivity contribution in [3.8, 4) is 11.8 Å². The highest BCUT2D eigenvalue weighted by atomic mass is 16.5. The van der Waals surface area contributed by atoms with Crippen LogP contribution in [0.3, 0.4) is 0 Å². The molecule has 1 fully saturated rings. The highest BCUT2D eigenvalue weighted by Gasteiger charge is 2.31. The Hall–Kier alpha value is -2.92. The molecule has 0 spiro atoms. The number of carbonyl (C=O) groups excluding carboxylic acids is 1. The molecule has 8 heteroatoms. The highest BCUT2D eigenvalue weighted by molar-refractivity contribution is 5.81. The Labute approximate surface area is 145 Å². The fraction of sp³-hybridized carbons (Fsp3) is 0.412. The average molecular weight is 342 g/mol. The highest BCUT2D eigenvalue weighted by Crippen LogP contribution is 2.23. The summed E-state index contributed by atoms with van der Waals surface area (Å²) in [7, 11) is 0. The maximum Gasteiger partial charge on any atom is 0.263 e. The first-order chi connectivity index (χ1) is 12.1. The van der Waals surface area contributed by atoms with Crippen LogP contribution in [0.5, 0.6) is 5.75 Å². The van der Waals surface area contributed by atoms with Crippen LogP contribution in [0.2, 0.25) is 0 Å². The summed E-state index contributed by atoms with van der Waals surface area (Å²) in [5.41, 5.74) is 0.392. The molecule has 25 heavy (non-hydrogen) atoms. The molecule has 2 atom stereocenters. The lowest BCUT2D eigenvalue weighted by Crippen LogP contribution is -2.47. The fourth-order valence-corrected chi connectivity index (χ4v) is 2.60. The summed E-state index contributed by atoms with van der Waals surface area (Å²) in [5, 5.41) is 16.9. The van der Waals surface area contributed by atoms with Crippen LogP contribution in [-0.4, -0.2) is 46.8 Å². The molecule has 1 aromatic carbocycles. The van der Waals surface area contributed by atoms with Crippen molar-refractivity contribution in [3.63, 3.8) is 0 Å². The predicted molar refractivity (Wildman–Crippen MR) is 85.6 cm³/mol. The fourth-order valence-electron chi connectivity index (χ4n) is 2.60. The van der Waals surface area contributed by atoms with Gasteiger partial charge >= 0.3 is 0 Å². The number of morpholine rings is 1. The lowest BCUT2D eigenvalue weighted by molar-refractivity contribution is -0.146. The van der Waals surface area contributed by atoms with Crippen molar-refractivity contribution in [3.05, 3.63) is 41.6 Å². The standard InChI is InChI=1S/C17H18N4O4/c1-11(24-14-6-4-3-5-13(14)9-18)17(22)21-7-8-23-15(10-21)16-20-19-12(2)25-16/h3-6,11,15H,7-8,10H2,1-2H3/t11-,15+/m1/s1. The van der Waals surface area contributed by atoms with Crippen LogP contribution >= 0.6 is 0 Å². The van der Waals surface area contributed by atoms with Crippen molar-refractivity contribution in [2.75, 3.05) is 19.7 Å². The van der Waals surface area contributed by atoms with E-state index in [0.29, 0.717) is 42.8 Å². The van der Waals surface area contributed by atoms with E-state index in [9.17, 15) is 4.79 Å². The smallest absolute Gasteiger partial charge is 0.263 e. The molecule has 1 amide bonds. The zero-order valence-corrected chi connectivity index (χ0v) is 14.0. The molecule has 3 rings (SSSR count). The number of aromatic nitrogens is 2. The second-order valence-electron chi connectivity index (χ2n) is 5.67. The van der Waals surface area contributed by atoms with Crippen molar-refractivity contribution in [1.29, 1.82) is 5.26 Å². The SMILES string of the molecule is Cc1nnc([C@@H]2CN(C(=O)[C@@H](C)Oc3ccccc3C#N)CCO2)o1. The minimum Gasteiger partial charge on any atom is -0.480 e. The second kappa shape index (κ2) is 7.32. The molecule has 2 aromatic rings. The Morgan fingerprint density at radius 3 is 2.96 bits per heavy atom. The number of rotatable bonds is 4. The summed E-state index contributed by atoms with van der Waals surface area (Å²) in [6.45, 7) is 4.51.